The number of benzene rings is 1. The molecule has 1 aliphatic rings. The molecule has 1 aromatic carbocycles. The van der Waals surface area contributed by atoms with Crippen molar-refractivity contribution in [3.05, 3.63) is 39.3 Å². The molecule has 0 saturated heterocycles. The van der Waals surface area contributed by atoms with Crippen molar-refractivity contribution in [1.29, 1.82) is 0 Å². The molecule has 5 nitrogen and oxygen atoms in total. The van der Waals surface area contributed by atoms with Crippen LogP contribution in [-0.4, -0.2) is 20.1 Å². The summed E-state index contributed by atoms with van der Waals surface area (Å²) in [7, 11) is 0. The smallest absolute Gasteiger partial charge is 0.159 e. The van der Waals surface area contributed by atoms with Gasteiger partial charge in [-0.2, -0.15) is 0 Å². The molecule has 0 atom stereocenters. The Hall–Kier alpha value is -1.66. The molecule has 23 heavy (non-hydrogen) atoms. The Bertz CT molecular complexity index is 809. The Morgan fingerprint density at radius 1 is 1.26 bits per heavy atom. The molecule has 0 radical (unpaired) electrons. The first-order valence-corrected chi connectivity index (χ1v) is 9.14. The Balaban J connectivity index is 1.46. The minimum absolute atomic E-state index is 0.383. The van der Waals surface area contributed by atoms with E-state index < -0.39 is 0 Å². The molecule has 4 rings (SSSR count). The SMILES string of the molecule is Clc1ccc2nnn(OCc3csc(C4CCCCC4)n3)c2c1. The van der Waals surface area contributed by atoms with E-state index in [1.807, 2.05) is 6.07 Å². The summed E-state index contributed by atoms with van der Waals surface area (Å²) in [6, 6.07) is 5.42. The van der Waals surface area contributed by atoms with E-state index in [4.69, 9.17) is 21.4 Å². The lowest BCUT2D eigenvalue weighted by atomic mass is 9.90. The number of hydrogen-bond donors (Lipinski definition) is 0. The van der Waals surface area contributed by atoms with Gasteiger partial charge in [-0.3, -0.25) is 0 Å². The van der Waals surface area contributed by atoms with Crippen molar-refractivity contribution in [3.63, 3.8) is 0 Å². The number of aromatic nitrogens is 4. The van der Waals surface area contributed by atoms with Crippen LogP contribution in [0.25, 0.3) is 11.0 Å². The lowest BCUT2D eigenvalue weighted by Gasteiger charge is -2.18. The predicted octanol–water partition coefficient (Wildman–Crippen LogP) is 4.22. The molecule has 1 saturated carbocycles. The molecule has 0 unspecified atom stereocenters. The van der Waals surface area contributed by atoms with Crippen LogP contribution < -0.4 is 4.84 Å². The molecular weight excluding hydrogens is 332 g/mol. The molecule has 120 valence electrons. The quantitative estimate of drug-likeness (QED) is 0.708. The molecule has 2 heterocycles. The van der Waals surface area contributed by atoms with Crippen LogP contribution in [0.15, 0.2) is 23.6 Å². The maximum Gasteiger partial charge on any atom is 0.159 e. The Kier molecular flexibility index (Phi) is 4.18. The first-order chi connectivity index (χ1) is 11.3. The van der Waals surface area contributed by atoms with Gasteiger partial charge in [-0.15, -0.1) is 16.4 Å². The summed E-state index contributed by atoms with van der Waals surface area (Å²) in [4.78, 5) is 11.9. The van der Waals surface area contributed by atoms with Crippen molar-refractivity contribution >= 4 is 34.0 Å². The van der Waals surface area contributed by atoms with Crippen LogP contribution in [0, 0.1) is 0 Å². The van der Waals surface area contributed by atoms with E-state index in [1.165, 1.54) is 42.0 Å². The zero-order valence-corrected chi connectivity index (χ0v) is 14.2. The lowest BCUT2D eigenvalue weighted by Crippen LogP contribution is -2.13. The largest absolute Gasteiger partial charge is 0.388 e. The van der Waals surface area contributed by atoms with Crippen LogP contribution >= 0.6 is 22.9 Å². The third-order valence-electron chi connectivity index (χ3n) is 4.24. The van der Waals surface area contributed by atoms with Gasteiger partial charge in [-0.1, -0.05) is 35.7 Å². The van der Waals surface area contributed by atoms with Crippen molar-refractivity contribution in [1.82, 2.24) is 20.1 Å². The summed E-state index contributed by atoms with van der Waals surface area (Å²) >= 11 is 7.76. The Morgan fingerprint density at radius 3 is 3.00 bits per heavy atom. The van der Waals surface area contributed by atoms with Crippen LogP contribution in [0.1, 0.15) is 48.7 Å². The second-order valence-corrected chi connectivity index (χ2v) is 7.21. The van der Waals surface area contributed by atoms with Gasteiger partial charge >= 0.3 is 0 Å². The molecule has 1 aliphatic carbocycles. The average molecular weight is 349 g/mol. The lowest BCUT2D eigenvalue weighted by molar-refractivity contribution is 0.0733. The van der Waals surface area contributed by atoms with E-state index in [0.717, 1.165) is 16.7 Å². The second kappa shape index (κ2) is 6.45. The summed E-state index contributed by atoms with van der Waals surface area (Å²) in [6.45, 7) is 0.383. The zero-order chi connectivity index (χ0) is 15.6. The van der Waals surface area contributed by atoms with Crippen molar-refractivity contribution in [2.45, 2.75) is 44.6 Å². The molecule has 0 spiro atoms. The number of hydrogen-bond acceptors (Lipinski definition) is 5. The number of nitrogens with zero attached hydrogens (tertiary/aromatic N) is 4. The maximum atomic E-state index is 6.02. The highest BCUT2D eigenvalue weighted by Crippen LogP contribution is 2.34. The zero-order valence-electron chi connectivity index (χ0n) is 12.6. The van der Waals surface area contributed by atoms with E-state index in [1.54, 1.807) is 23.5 Å². The number of halogens is 1. The van der Waals surface area contributed by atoms with Crippen molar-refractivity contribution < 1.29 is 4.84 Å². The van der Waals surface area contributed by atoms with Crippen LogP contribution in [-0.2, 0) is 6.61 Å². The fraction of sp³-hybridized carbons (Fsp3) is 0.438. The molecule has 0 bridgehead atoms. The van der Waals surface area contributed by atoms with Gasteiger partial charge in [0, 0.05) is 16.3 Å². The van der Waals surface area contributed by atoms with Crippen molar-refractivity contribution in [3.8, 4) is 0 Å². The standard InChI is InChI=1S/C16H17ClN4OS/c17-12-6-7-14-15(8-12)21(20-19-14)22-9-13-10-23-16(18-13)11-4-2-1-3-5-11/h6-8,10-11H,1-5,9H2. The summed E-state index contributed by atoms with van der Waals surface area (Å²) in [5.41, 5.74) is 2.47. The minimum Gasteiger partial charge on any atom is -0.388 e. The summed E-state index contributed by atoms with van der Waals surface area (Å²) in [6.07, 6.45) is 6.53. The average Bonchev–Trinajstić information content (AvgIpc) is 3.20. The van der Waals surface area contributed by atoms with Gasteiger partial charge in [0.2, 0.25) is 0 Å². The Morgan fingerprint density at radius 2 is 2.13 bits per heavy atom. The van der Waals surface area contributed by atoms with E-state index in [9.17, 15) is 0 Å². The molecule has 2 aromatic heterocycles. The molecule has 0 aliphatic heterocycles. The van der Waals surface area contributed by atoms with Gasteiger partial charge < -0.3 is 4.84 Å². The van der Waals surface area contributed by atoms with Crippen LogP contribution in [0.2, 0.25) is 5.02 Å². The third kappa shape index (κ3) is 3.19. The van der Waals surface area contributed by atoms with Gasteiger partial charge in [-0.05, 0) is 36.3 Å². The predicted molar refractivity (Wildman–Crippen MR) is 90.8 cm³/mol. The molecule has 7 heteroatoms. The van der Waals surface area contributed by atoms with E-state index in [-0.39, 0.29) is 0 Å². The molecule has 0 N–H and O–H groups in total. The highest BCUT2D eigenvalue weighted by Gasteiger charge is 2.18. The van der Waals surface area contributed by atoms with Gasteiger partial charge in [0.05, 0.1) is 10.7 Å². The molecular formula is C16H17ClN4OS. The number of fused-ring (bicyclic) bond motifs is 1. The number of thiazole rings is 1. The summed E-state index contributed by atoms with van der Waals surface area (Å²) in [5.74, 6) is 0.633. The van der Waals surface area contributed by atoms with E-state index in [0.29, 0.717) is 17.5 Å². The van der Waals surface area contributed by atoms with Gasteiger partial charge in [0.15, 0.2) is 6.61 Å². The topological polar surface area (TPSA) is 52.8 Å². The van der Waals surface area contributed by atoms with Gasteiger partial charge in [0.25, 0.3) is 0 Å². The Labute approximate surface area is 143 Å². The minimum atomic E-state index is 0.383. The number of rotatable bonds is 4. The maximum absolute atomic E-state index is 6.02. The monoisotopic (exact) mass is 348 g/mol. The van der Waals surface area contributed by atoms with Gasteiger partial charge in [0.1, 0.15) is 11.0 Å². The van der Waals surface area contributed by atoms with E-state index >= 15 is 0 Å². The van der Waals surface area contributed by atoms with Crippen molar-refractivity contribution in [2.75, 3.05) is 0 Å². The summed E-state index contributed by atoms with van der Waals surface area (Å²) < 4.78 is 0. The highest BCUT2D eigenvalue weighted by molar-refractivity contribution is 7.09. The molecule has 3 aromatic rings. The van der Waals surface area contributed by atoms with Crippen LogP contribution in [0.3, 0.4) is 0 Å². The van der Waals surface area contributed by atoms with Crippen molar-refractivity contribution in [2.24, 2.45) is 0 Å². The highest BCUT2D eigenvalue weighted by atomic mass is 35.5. The normalized spacial score (nSPS) is 16.0. The van der Waals surface area contributed by atoms with Gasteiger partial charge in [-0.25, -0.2) is 4.98 Å². The fourth-order valence-electron chi connectivity index (χ4n) is 3.02. The first-order valence-electron chi connectivity index (χ1n) is 7.88. The van der Waals surface area contributed by atoms with Crippen LogP contribution in [0.4, 0.5) is 0 Å². The second-order valence-electron chi connectivity index (χ2n) is 5.88. The van der Waals surface area contributed by atoms with Crippen LogP contribution in [0.5, 0.6) is 0 Å². The molecule has 1 fully saturated rings. The van der Waals surface area contributed by atoms with E-state index in [2.05, 4.69) is 15.7 Å². The third-order valence-corrected chi connectivity index (χ3v) is 5.53. The molecule has 0 amide bonds. The summed E-state index contributed by atoms with van der Waals surface area (Å²) in [5, 5.41) is 12.0. The fourth-order valence-corrected chi connectivity index (χ4v) is 4.16. The first kappa shape index (κ1) is 14.9.